The Hall–Kier alpha value is -3.14. The molecule has 0 spiro atoms. The first-order chi connectivity index (χ1) is 16.2. The minimum Gasteiger partial charge on any atom is -0.444 e. The zero-order chi connectivity index (χ0) is 23.9. The quantitative estimate of drug-likeness (QED) is 0.658. The average molecular weight is 470 g/mol. The van der Waals surface area contributed by atoms with Gasteiger partial charge in [0, 0.05) is 13.1 Å². The summed E-state index contributed by atoms with van der Waals surface area (Å²) >= 11 is 0. The van der Waals surface area contributed by atoms with Crippen LogP contribution in [0.3, 0.4) is 0 Å². The van der Waals surface area contributed by atoms with Gasteiger partial charge in [0.1, 0.15) is 18.2 Å². The van der Waals surface area contributed by atoms with Crippen molar-refractivity contribution in [2.45, 2.75) is 76.2 Å². The number of rotatable bonds is 7. The highest BCUT2D eigenvalue weighted by Crippen LogP contribution is 2.48. The summed E-state index contributed by atoms with van der Waals surface area (Å²) in [4.78, 5) is 32.8. The molecule has 5 rings (SSSR count). The summed E-state index contributed by atoms with van der Waals surface area (Å²) in [5.74, 6) is 0.944. The second-order valence-corrected chi connectivity index (χ2v) is 10.3. The van der Waals surface area contributed by atoms with Gasteiger partial charge in [-0.3, -0.25) is 4.84 Å². The van der Waals surface area contributed by atoms with E-state index in [1.54, 1.807) is 4.90 Å². The maximum atomic E-state index is 13.1. The van der Waals surface area contributed by atoms with Crippen LogP contribution in [0.2, 0.25) is 0 Å². The summed E-state index contributed by atoms with van der Waals surface area (Å²) in [6.07, 6.45) is 2.76. The fourth-order valence-electron chi connectivity index (χ4n) is 4.53. The number of alkyl carbamates (subject to hydrolysis) is 1. The second-order valence-electron chi connectivity index (χ2n) is 10.3. The van der Waals surface area contributed by atoms with E-state index in [0.717, 1.165) is 31.2 Å². The molecule has 1 aliphatic carbocycles. The zero-order valence-electron chi connectivity index (χ0n) is 19.8. The molecule has 3 aliphatic rings. The SMILES string of the molecule is CC(C)(C)OC(=O)NCC1(c2nnc(C3CC[C@@H]4CN3C(=O)N4OCc3ccccc3)o2)CC1. The van der Waals surface area contributed by atoms with Crippen LogP contribution in [0.25, 0.3) is 0 Å². The highest BCUT2D eigenvalue weighted by Gasteiger charge is 2.51. The highest BCUT2D eigenvalue weighted by molar-refractivity contribution is 5.77. The predicted molar refractivity (Wildman–Crippen MR) is 120 cm³/mol. The molecule has 0 radical (unpaired) electrons. The highest BCUT2D eigenvalue weighted by atomic mass is 16.7. The van der Waals surface area contributed by atoms with E-state index in [1.807, 2.05) is 51.1 Å². The van der Waals surface area contributed by atoms with Crippen molar-refractivity contribution in [3.63, 3.8) is 0 Å². The molecule has 182 valence electrons. The maximum absolute atomic E-state index is 13.1. The Morgan fingerprint density at radius 1 is 1.21 bits per heavy atom. The third-order valence-corrected chi connectivity index (χ3v) is 6.54. The van der Waals surface area contributed by atoms with Crippen LogP contribution in [0.1, 0.15) is 69.8 Å². The zero-order valence-corrected chi connectivity index (χ0v) is 19.8. The molecule has 2 aliphatic heterocycles. The molecule has 1 unspecified atom stereocenters. The summed E-state index contributed by atoms with van der Waals surface area (Å²) in [7, 11) is 0. The number of amides is 3. The first-order valence-electron chi connectivity index (χ1n) is 11.8. The van der Waals surface area contributed by atoms with E-state index in [4.69, 9.17) is 14.0 Å². The van der Waals surface area contributed by atoms with Crippen LogP contribution in [-0.4, -0.2) is 57.0 Å². The minimum absolute atomic E-state index is 0.0163. The monoisotopic (exact) mass is 469 g/mol. The number of urea groups is 1. The molecule has 1 saturated carbocycles. The number of piperidine rings is 1. The molecule has 10 nitrogen and oxygen atoms in total. The van der Waals surface area contributed by atoms with Gasteiger partial charge in [0.05, 0.1) is 11.5 Å². The van der Waals surface area contributed by atoms with Gasteiger partial charge in [0.15, 0.2) is 0 Å². The molecule has 3 fully saturated rings. The maximum Gasteiger partial charge on any atom is 0.407 e. The van der Waals surface area contributed by atoms with Crippen LogP contribution < -0.4 is 5.32 Å². The van der Waals surface area contributed by atoms with Crippen LogP contribution >= 0.6 is 0 Å². The largest absolute Gasteiger partial charge is 0.444 e. The van der Waals surface area contributed by atoms with Crippen molar-refractivity contribution in [3.8, 4) is 0 Å². The molecule has 34 heavy (non-hydrogen) atoms. The number of nitrogens with one attached hydrogen (secondary N) is 1. The van der Waals surface area contributed by atoms with Gasteiger partial charge in [-0.1, -0.05) is 30.3 Å². The van der Waals surface area contributed by atoms with Crippen LogP contribution in [0, 0.1) is 0 Å². The first-order valence-corrected chi connectivity index (χ1v) is 11.8. The lowest BCUT2D eigenvalue weighted by Gasteiger charge is -2.27. The number of nitrogens with zero attached hydrogens (tertiary/aromatic N) is 4. The number of carbonyl (C=O) groups excluding carboxylic acids is 2. The Morgan fingerprint density at radius 2 is 1.97 bits per heavy atom. The van der Waals surface area contributed by atoms with Crippen molar-refractivity contribution >= 4 is 12.1 Å². The molecule has 1 aromatic heterocycles. The molecule has 1 aromatic carbocycles. The number of hydrogen-bond donors (Lipinski definition) is 1. The summed E-state index contributed by atoms with van der Waals surface area (Å²) in [6.45, 7) is 6.77. The number of benzene rings is 1. The Bertz CT molecular complexity index is 1050. The summed E-state index contributed by atoms with van der Waals surface area (Å²) in [5.41, 5.74) is 0.0943. The van der Waals surface area contributed by atoms with Crippen molar-refractivity contribution in [1.82, 2.24) is 25.5 Å². The number of aromatic nitrogens is 2. The van der Waals surface area contributed by atoms with Gasteiger partial charge in [0.25, 0.3) is 0 Å². The molecular formula is C24H31N5O5. The Kier molecular flexibility index (Phi) is 5.71. The van der Waals surface area contributed by atoms with Crippen LogP contribution in [0.15, 0.2) is 34.7 Å². The van der Waals surface area contributed by atoms with E-state index in [2.05, 4.69) is 15.5 Å². The summed E-state index contributed by atoms with van der Waals surface area (Å²) < 4.78 is 11.4. The van der Waals surface area contributed by atoms with E-state index in [0.29, 0.717) is 31.5 Å². The number of ether oxygens (including phenoxy) is 1. The lowest BCUT2D eigenvalue weighted by molar-refractivity contribution is -0.140. The van der Waals surface area contributed by atoms with Gasteiger partial charge in [-0.2, -0.15) is 5.06 Å². The van der Waals surface area contributed by atoms with Gasteiger partial charge in [-0.15, -0.1) is 10.2 Å². The van der Waals surface area contributed by atoms with Crippen LogP contribution in [0.4, 0.5) is 9.59 Å². The molecule has 3 amide bonds. The predicted octanol–water partition coefficient (Wildman–Crippen LogP) is 3.70. The van der Waals surface area contributed by atoms with E-state index < -0.39 is 11.7 Å². The molecule has 3 heterocycles. The molecule has 1 N–H and O–H groups in total. The third-order valence-electron chi connectivity index (χ3n) is 6.54. The van der Waals surface area contributed by atoms with Gasteiger partial charge < -0.3 is 19.4 Å². The number of hydrogen-bond acceptors (Lipinski definition) is 7. The fourth-order valence-corrected chi connectivity index (χ4v) is 4.53. The molecule has 2 saturated heterocycles. The van der Waals surface area contributed by atoms with Crippen LogP contribution in [-0.2, 0) is 21.6 Å². The van der Waals surface area contributed by atoms with Gasteiger partial charge in [-0.05, 0) is 52.0 Å². The average Bonchev–Trinajstić information content (AvgIpc) is 3.36. The summed E-state index contributed by atoms with van der Waals surface area (Å²) in [5, 5.41) is 12.9. The van der Waals surface area contributed by atoms with Gasteiger partial charge in [0.2, 0.25) is 11.8 Å². The lowest BCUT2D eigenvalue weighted by atomic mass is 10.0. The molecular weight excluding hydrogens is 438 g/mol. The molecule has 2 atom stereocenters. The van der Waals surface area contributed by atoms with Crippen molar-refractivity contribution in [2.75, 3.05) is 13.1 Å². The van der Waals surface area contributed by atoms with E-state index >= 15 is 0 Å². The second kappa shape index (κ2) is 8.57. The Morgan fingerprint density at radius 3 is 2.68 bits per heavy atom. The topological polar surface area (TPSA) is 110 Å². The lowest BCUT2D eigenvalue weighted by Crippen LogP contribution is -2.37. The number of hydroxylamine groups is 2. The van der Waals surface area contributed by atoms with Crippen molar-refractivity contribution in [3.05, 3.63) is 47.7 Å². The van der Waals surface area contributed by atoms with Crippen molar-refractivity contribution < 1.29 is 23.6 Å². The standard InChI is InChI=1S/C24H31N5O5/c1-23(2,3)34-21(30)25-15-24(11-12-24)20-27-26-19(33-20)18-10-9-17-13-28(18)22(31)29(17)32-14-16-7-5-4-6-8-16/h4-8,17-18H,9-15H2,1-3H3,(H,25,30)/t17-,18?/m1/s1. The van der Waals surface area contributed by atoms with E-state index in [1.165, 1.54) is 5.06 Å². The Labute approximate surface area is 198 Å². The third kappa shape index (κ3) is 4.59. The number of carbonyl (C=O) groups is 2. The Balaban J connectivity index is 1.21. The van der Waals surface area contributed by atoms with Gasteiger partial charge in [-0.25, -0.2) is 9.59 Å². The minimum atomic E-state index is -0.557. The smallest absolute Gasteiger partial charge is 0.407 e. The fraction of sp³-hybridized carbons (Fsp3) is 0.583. The molecule has 10 heteroatoms. The van der Waals surface area contributed by atoms with Crippen molar-refractivity contribution in [1.29, 1.82) is 0 Å². The van der Waals surface area contributed by atoms with E-state index in [9.17, 15) is 9.59 Å². The normalized spacial score (nSPS) is 23.2. The van der Waals surface area contributed by atoms with Gasteiger partial charge >= 0.3 is 12.1 Å². The summed E-state index contributed by atoms with van der Waals surface area (Å²) in [6, 6.07) is 9.37. The van der Waals surface area contributed by atoms with E-state index in [-0.39, 0.29) is 23.5 Å². The molecule has 2 aromatic rings. The number of fused-ring (bicyclic) bond motifs is 2. The van der Waals surface area contributed by atoms with Crippen LogP contribution in [0.5, 0.6) is 0 Å². The molecule has 2 bridgehead atoms. The first kappa shape index (κ1) is 22.6. The van der Waals surface area contributed by atoms with Crippen molar-refractivity contribution in [2.24, 2.45) is 0 Å².